The van der Waals surface area contributed by atoms with E-state index >= 15 is 0 Å². The first kappa shape index (κ1) is 27.0. The molecule has 2 aromatic rings. The smallest absolute Gasteiger partial charge is 0.241 e. The van der Waals surface area contributed by atoms with E-state index in [1.807, 2.05) is 17.9 Å². The molecular weight excluding hydrogens is 485 g/mol. The zero-order valence-electron chi connectivity index (χ0n) is 22.9. The summed E-state index contributed by atoms with van der Waals surface area (Å²) >= 11 is 0. The fraction of sp³-hybridized carbons (Fsp3) is 0.586. The van der Waals surface area contributed by atoms with Gasteiger partial charge in [-0.15, -0.1) is 0 Å². The first-order valence-corrected chi connectivity index (χ1v) is 13.8. The van der Waals surface area contributed by atoms with Gasteiger partial charge in [-0.05, 0) is 63.4 Å². The van der Waals surface area contributed by atoms with Crippen LogP contribution in [0, 0.1) is 5.82 Å². The van der Waals surface area contributed by atoms with E-state index in [1.54, 1.807) is 18.3 Å². The molecule has 8 nitrogen and oxygen atoms in total. The number of carbonyl (C=O) groups is 1. The van der Waals surface area contributed by atoms with Gasteiger partial charge in [0.1, 0.15) is 18.1 Å². The average Bonchev–Trinajstić information content (AvgIpc) is 2.88. The number of nitrogens with zero attached hydrogens (tertiary/aromatic N) is 4. The van der Waals surface area contributed by atoms with Crippen molar-refractivity contribution in [3.8, 4) is 5.88 Å². The molecule has 2 fully saturated rings. The van der Waals surface area contributed by atoms with Crippen LogP contribution < -0.4 is 15.0 Å². The number of hydrogen-bond donors (Lipinski definition) is 1. The maximum Gasteiger partial charge on any atom is 0.241 e. The van der Waals surface area contributed by atoms with Gasteiger partial charge < -0.3 is 19.7 Å². The van der Waals surface area contributed by atoms with Crippen LogP contribution in [0.5, 0.6) is 5.88 Å². The highest BCUT2D eigenvalue weighted by Crippen LogP contribution is 2.33. The highest BCUT2D eigenvalue weighted by Gasteiger charge is 2.36. The fourth-order valence-corrected chi connectivity index (χ4v) is 5.89. The minimum Gasteiger partial charge on any atom is -0.474 e. The van der Waals surface area contributed by atoms with Crippen LogP contribution in [0.3, 0.4) is 0 Å². The van der Waals surface area contributed by atoms with Gasteiger partial charge in [0.2, 0.25) is 11.8 Å². The molecule has 0 saturated carbocycles. The Morgan fingerprint density at radius 2 is 1.79 bits per heavy atom. The molecule has 38 heavy (non-hydrogen) atoms. The van der Waals surface area contributed by atoms with Crippen LogP contribution in [0.2, 0.25) is 0 Å². The van der Waals surface area contributed by atoms with Crippen LogP contribution >= 0.6 is 0 Å². The molecule has 1 N–H and O–H groups in total. The summed E-state index contributed by atoms with van der Waals surface area (Å²) in [6.45, 7) is 13.4. The molecule has 3 aliphatic rings. The Morgan fingerprint density at radius 1 is 1.05 bits per heavy atom. The minimum atomic E-state index is -0.255. The zero-order valence-corrected chi connectivity index (χ0v) is 22.9. The molecule has 5 rings (SSSR count). The molecule has 5 atom stereocenters. The number of morpholine rings is 1. The summed E-state index contributed by atoms with van der Waals surface area (Å²) in [5.74, 6) is 0.292. The van der Waals surface area contributed by atoms with Gasteiger partial charge in [0, 0.05) is 50.0 Å². The van der Waals surface area contributed by atoms with Crippen molar-refractivity contribution in [3.05, 3.63) is 53.5 Å². The van der Waals surface area contributed by atoms with E-state index in [9.17, 15) is 9.18 Å². The minimum absolute atomic E-state index is 0.0601. The molecule has 4 heterocycles. The number of carbonyl (C=O) groups excluding carboxylic acids is 1. The SMILES string of the molecule is C[C@@H]1CN(CC(=O)N2c3cc(Cc4ccc(F)cc4)cnc3OC[C@@H]2C)[C@@H](CN2[C@H](C)COC[C@H]2C)CN1. The molecule has 9 heteroatoms. The van der Waals surface area contributed by atoms with Gasteiger partial charge in [0.05, 0.1) is 25.8 Å². The number of piperazine rings is 1. The lowest BCUT2D eigenvalue weighted by atomic mass is 10.0. The Labute approximate surface area is 225 Å². The van der Waals surface area contributed by atoms with Crippen molar-refractivity contribution in [1.29, 1.82) is 0 Å². The van der Waals surface area contributed by atoms with Crippen molar-refractivity contribution in [2.75, 3.05) is 50.9 Å². The van der Waals surface area contributed by atoms with Crippen LogP contribution in [0.4, 0.5) is 10.1 Å². The molecule has 206 valence electrons. The summed E-state index contributed by atoms with van der Waals surface area (Å²) in [5, 5.41) is 3.61. The molecule has 0 aliphatic carbocycles. The van der Waals surface area contributed by atoms with Gasteiger partial charge in [-0.25, -0.2) is 9.37 Å². The Balaban J connectivity index is 1.33. The van der Waals surface area contributed by atoms with E-state index in [-0.39, 0.29) is 23.8 Å². The largest absolute Gasteiger partial charge is 0.474 e. The third-order valence-electron chi connectivity index (χ3n) is 7.98. The number of amides is 1. The van der Waals surface area contributed by atoms with Gasteiger partial charge in [-0.3, -0.25) is 14.6 Å². The number of benzene rings is 1. The highest BCUT2D eigenvalue weighted by molar-refractivity contribution is 5.97. The number of rotatable bonds is 6. The van der Waals surface area contributed by atoms with Crippen molar-refractivity contribution in [2.45, 2.75) is 64.3 Å². The molecule has 2 saturated heterocycles. The number of ether oxygens (including phenoxy) is 2. The normalized spacial score (nSPS) is 28.6. The Kier molecular flexibility index (Phi) is 8.28. The average molecular weight is 526 g/mol. The number of fused-ring (bicyclic) bond motifs is 1. The summed E-state index contributed by atoms with van der Waals surface area (Å²) in [6, 6.07) is 9.63. The molecule has 0 spiro atoms. The molecule has 1 aromatic heterocycles. The third kappa shape index (κ3) is 6.01. The van der Waals surface area contributed by atoms with Gasteiger partial charge in [-0.1, -0.05) is 12.1 Å². The van der Waals surface area contributed by atoms with E-state index in [1.165, 1.54) is 12.1 Å². The molecule has 0 bridgehead atoms. The summed E-state index contributed by atoms with van der Waals surface area (Å²) in [7, 11) is 0. The van der Waals surface area contributed by atoms with Crippen molar-refractivity contribution in [1.82, 2.24) is 20.1 Å². The van der Waals surface area contributed by atoms with Crippen LogP contribution in [-0.2, 0) is 16.0 Å². The monoisotopic (exact) mass is 525 g/mol. The molecule has 1 amide bonds. The predicted molar refractivity (Wildman–Crippen MR) is 145 cm³/mol. The van der Waals surface area contributed by atoms with E-state index in [2.05, 4.69) is 40.9 Å². The molecule has 1 aromatic carbocycles. The molecular formula is C29H40FN5O3. The second-order valence-corrected chi connectivity index (χ2v) is 11.2. The van der Waals surface area contributed by atoms with Gasteiger partial charge in [0.25, 0.3) is 0 Å². The topological polar surface area (TPSA) is 70.2 Å². The summed E-state index contributed by atoms with van der Waals surface area (Å²) < 4.78 is 25.0. The highest BCUT2D eigenvalue weighted by atomic mass is 19.1. The number of hydrogen-bond acceptors (Lipinski definition) is 7. The van der Waals surface area contributed by atoms with E-state index < -0.39 is 0 Å². The number of pyridine rings is 1. The lowest BCUT2D eigenvalue weighted by Crippen LogP contribution is -2.63. The number of anilines is 1. The number of aromatic nitrogens is 1. The number of nitrogens with one attached hydrogen (secondary N) is 1. The van der Waals surface area contributed by atoms with Gasteiger partial charge >= 0.3 is 0 Å². The molecule has 3 aliphatic heterocycles. The Morgan fingerprint density at radius 3 is 2.53 bits per heavy atom. The van der Waals surface area contributed by atoms with Crippen LogP contribution in [0.25, 0.3) is 0 Å². The van der Waals surface area contributed by atoms with Crippen molar-refractivity contribution >= 4 is 11.6 Å². The lowest BCUT2D eigenvalue weighted by molar-refractivity contribution is -0.122. The first-order chi connectivity index (χ1) is 18.3. The van der Waals surface area contributed by atoms with Crippen LogP contribution in [-0.4, -0.2) is 96.9 Å². The van der Waals surface area contributed by atoms with Crippen molar-refractivity contribution in [3.63, 3.8) is 0 Å². The van der Waals surface area contributed by atoms with Gasteiger partial charge in [0.15, 0.2) is 0 Å². The summed E-state index contributed by atoms with van der Waals surface area (Å²) in [6.07, 6.45) is 2.38. The molecule has 0 radical (unpaired) electrons. The van der Waals surface area contributed by atoms with E-state index in [0.29, 0.717) is 49.3 Å². The second-order valence-electron chi connectivity index (χ2n) is 11.2. The maximum absolute atomic E-state index is 13.9. The van der Waals surface area contributed by atoms with Crippen LogP contribution in [0.1, 0.15) is 38.8 Å². The third-order valence-corrected chi connectivity index (χ3v) is 7.98. The number of halogens is 1. The maximum atomic E-state index is 13.9. The van der Waals surface area contributed by atoms with Crippen molar-refractivity contribution in [2.24, 2.45) is 0 Å². The first-order valence-electron chi connectivity index (χ1n) is 13.8. The Bertz CT molecular complexity index is 1110. The summed E-state index contributed by atoms with van der Waals surface area (Å²) in [5.41, 5.74) is 2.65. The van der Waals surface area contributed by atoms with E-state index in [0.717, 1.165) is 44.0 Å². The quantitative estimate of drug-likeness (QED) is 0.622. The Hall–Kier alpha value is -2.59. The standard InChI is InChI=1S/C29H40FN5O3/c1-19-13-33(26(12-31-19)14-34-20(2)16-37-17-21(34)3)15-28(36)35-22(4)18-38-29-27(35)10-24(11-32-29)9-23-5-7-25(30)8-6-23/h5-8,10-11,19-22,26,31H,9,12-18H2,1-4H3/t19-,20-,21-,22+,26-/m1/s1. The predicted octanol–water partition coefficient (Wildman–Crippen LogP) is 2.70. The fourth-order valence-electron chi connectivity index (χ4n) is 5.89. The summed E-state index contributed by atoms with van der Waals surface area (Å²) in [4.78, 5) is 25.2. The van der Waals surface area contributed by atoms with Gasteiger partial charge in [-0.2, -0.15) is 0 Å². The van der Waals surface area contributed by atoms with Crippen LogP contribution in [0.15, 0.2) is 36.5 Å². The van der Waals surface area contributed by atoms with E-state index in [4.69, 9.17) is 9.47 Å². The van der Waals surface area contributed by atoms with Crippen molar-refractivity contribution < 1.29 is 18.7 Å². The second kappa shape index (κ2) is 11.7. The molecule has 0 unspecified atom stereocenters. The lowest BCUT2D eigenvalue weighted by Gasteiger charge is -2.46. The zero-order chi connectivity index (χ0) is 26.8.